The van der Waals surface area contributed by atoms with Gasteiger partial charge in [-0.1, -0.05) is 18.2 Å². The fourth-order valence-electron chi connectivity index (χ4n) is 2.87. The lowest BCUT2D eigenvalue weighted by atomic mass is 10.2. The van der Waals surface area contributed by atoms with Crippen molar-refractivity contribution in [3.8, 4) is 5.69 Å². The smallest absolute Gasteiger partial charge is 0.187 e. The van der Waals surface area contributed by atoms with Gasteiger partial charge in [0.1, 0.15) is 0 Å². The number of hydrazone groups is 1. The van der Waals surface area contributed by atoms with E-state index in [9.17, 15) is 0 Å². The highest BCUT2D eigenvalue weighted by Gasteiger charge is 2.15. The van der Waals surface area contributed by atoms with Crippen LogP contribution in [0.5, 0.6) is 0 Å². The normalized spacial score (nSPS) is 17.1. The van der Waals surface area contributed by atoms with Crippen LogP contribution in [0.1, 0.15) is 29.8 Å². The summed E-state index contributed by atoms with van der Waals surface area (Å²) < 4.78 is 7.48. The average molecular weight is 357 g/mol. The molecule has 1 atom stereocenters. The molecule has 1 unspecified atom stereocenters. The van der Waals surface area contributed by atoms with Gasteiger partial charge in [-0.05, 0) is 51.0 Å². The van der Waals surface area contributed by atoms with Gasteiger partial charge in [0.15, 0.2) is 5.11 Å². The van der Waals surface area contributed by atoms with Crippen molar-refractivity contribution in [3.05, 3.63) is 47.3 Å². The van der Waals surface area contributed by atoms with Crippen LogP contribution in [0, 0.1) is 13.8 Å². The summed E-state index contributed by atoms with van der Waals surface area (Å²) in [6, 6.07) is 10.1. The third-order valence-corrected chi connectivity index (χ3v) is 4.46. The van der Waals surface area contributed by atoms with Crippen LogP contribution in [0.15, 0.2) is 35.4 Å². The van der Waals surface area contributed by atoms with Crippen LogP contribution >= 0.6 is 12.2 Å². The van der Waals surface area contributed by atoms with Gasteiger partial charge < -0.3 is 10.1 Å². The van der Waals surface area contributed by atoms with Crippen LogP contribution in [0.3, 0.4) is 0 Å². The van der Waals surface area contributed by atoms with Crippen LogP contribution in [-0.4, -0.2) is 40.4 Å². The zero-order chi connectivity index (χ0) is 17.6. The molecule has 1 aliphatic heterocycles. The Morgan fingerprint density at radius 2 is 2.20 bits per heavy atom. The van der Waals surface area contributed by atoms with Gasteiger partial charge in [-0.3, -0.25) is 5.43 Å². The van der Waals surface area contributed by atoms with Gasteiger partial charge in [-0.15, -0.1) is 0 Å². The molecule has 0 radical (unpaired) electrons. The highest BCUT2D eigenvalue weighted by atomic mass is 32.1. The third-order valence-electron chi connectivity index (χ3n) is 4.22. The molecule has 6 nitrogen and oxygen atoms in total. The number of nitrogens with zero attached hydrogens (tertiary/aromatic N) is 3. The molecule has 2 heterocycles. The molecule has 0 aliphatic carbocycles. The minimum atomic E-state index is 0.248. The molecular weight excluding hydrogens is 334 g/mol. The number of aromatic nitrogens is 2. The molecule has 25 heavy (non-hydrogen) atoms. The highest BCUT2D eigenvalue weighted by molar-refractivity contribution is 7.80. The lowest BCUT2D eigenvalue weighted by Crippen LogP contribution is -2.37. The van der Waals surface area contributed by atoms with Crippen LogP contribution < -0.4 is 10.7 Å². The molecule has 0 spiro atoms. The lowest BCUT2D eigenvalue weighted by Gasteiger charge is -2.11. The fraction of sp³-hybridized carbons (Fsp3) is 0.389. The fourth-order valence-corrected chi connectivity index (χ4v) is 3.01. The minimum absolute atomic E-state index is 0.248. The van der Waals surface area contributed by atoms with E-state index < -0.39 is 0 Å². The maximum Gasteiger partial charge on any atom is 0.187 e. The quantitative estimate of drug-likeness (QED) is 0.489. The zero-order valence-electron chi connectivity index (χ0n) is 14.5. The van der Waals surface area contributed by atoms with E-state index in [1.54, 1.807) is 6.21 Å². The summed E-state index contributed by atoms with van der Waals surface area (Å²) in [6.07, 6.45) is 4.21. The first-order valence-electron chi connectivity index (χ1n) is 8.45. The van der Waals surface area contributed by atoms with Crippen LogP contribution in [0.4, 0.5) is 0 Å². The number of thiocarbonyl (C=S) groups is 1. The Morgan fingerprint density at radius 1 is 1.40 bits per heavy atom. The van der Waals surface area contributed by atoms with Crippen molar-refractivity contribution in [1.29, 1.82) is 0 Å². The van der Waals surface area contributed by atoms with E-state index in [1.807, 2.05) is 48.9 Å². The van der Waals surface area contributed by atoms with E-state index >= 15 is 0 Å². The number of rotatable bonds is 5. The first kappa shape index (κ1) is 17.6. The Hall–Kier alpha value is -2.25. The number of hydrogen-bond acceptors (Lipinski definition) is 4. The van der Waals surface area contributed by atoms with Gasteiger partial charge >= 0.3 is 0 Å². The van der Waals surface area contributed by atoms with Crippen molar-refractivity contribution in [1.82, 2.24) is 20.5 Å². The lowest BCUT2D eigenvalue weighted by molar-refractivity contribution is 0.114. The summed E-state index contributed by atoms with van der Waals surface area (Å²) in [5.74, 6) is 0. The summed E-state index contributed by atoms with van der Waals surface area (Å²) in [7, 11) is 0. The van der Waals surface area contributed by atoms with E-state index in [1.165, 1.54) is 0 Å². The molecule has 3 rings (SSSR count). The summed E-state index contributed by atoms with van der Waals surface area (Å²) in [4.78, 5) is 0. The standard InChI is InChI=1S/C18H23N5OS/c1-13-17(14(2)23(22-13)15-7-4-3-5-8-15)12-20-21-18(25)19-11-16-9-6-10-24-16/h3-5,7-8,12,16H,6,9-11H2,1-2H3,(H2,19,21,25). The summed E-state index contributed by atoms with van der Waals surface area (Å²) in [5.41, 5.74) is 6.83. The van der Waals surface area contributed by atoms with Crippen molar-refractivity contribution in [2.75, 3.05) is 13.2 Å². The number of para-hydroxylation sites is 1. The van der Waals surface area contributed by atoms with E-state index in [0.29, 0.717) is 11.7 Å². The largest absolute Gasteiger partial charge is 0.376 e. The van der Waals surface area contributed by atoms with E-state index in [2.05, 4.69) is 20.9 Å². The molecular formula is C18H23N5OS. The Labute approximate surface area is 153 Å². The molecule has 2 aromatic rings. The van der Waals surface area contributed by atoms with Crippen molar-refractivity contribution in [3.63, 3.8) is 0 Å². The average Bonchev–Trinajstić information content (AvgIpc) is 3.24. The number of aryl methyl sites for hydroxylation is 1. The van der Waals surface area contributed by atoms with Crippen LogP contribution in [0.2, 0.25) is 0 Å². The Balaban J connectivity index is 1.59. The number of benzene rings is 1. The molecule has 0 amide bonds. The van der Waals surface area contributed by atoms with Crippen molar-refractivity contribution in [2.45, 2.75) is 32.8 Å². The molecule has 1 aromatic carbocycles. The molecule has 1 fully saturated rings. The van der Waals surface area contributed by atoms with Gasteiger partial charge in [0, 0.05) is 18.7 Å². The molecule has 7 heteroatoms. The number of hydrogen-bond donors (Lipinski definition) is 2. The van der Waals surface area contributed by atoms with Crippen molar-refractivity contribution < 1.29 is 4.74 Å². The first-order valence-corrected chi connectivity index (χ1v) is 8.86. The Kier molecular flexibility index (Phi) is 5.78. The van der Waals surface area contributed by atoms with E-state index in [0.717, 1.165) is 42.1 Å². The van der Waals surface area contributed by atoms with E-state index in [4.69, 9.17) is 17.0 Å². The summed E-state index contributed by atoms with van der Waals surface area (Å²) >= 11 is 5.24. The molecule has 1 aliphatic rings. The second kappa shape index (κ2) is 8.22. The zero-order valence-corrected chi connectivity index (χ0v) is 15.3. The molecule has 132 valence electrons. The minimum Gasteiger partial charge on any atom is -0.376 e. The van der Waals surface area contributed by atoms with Gasteiger partial charge in [0.2, 0.25) is 0 Å². The van der Waals surface area contributed by atoms with Gasteiger partial charge in [0.05, 0.1) is 29.4 Å². The highest BCUT2D eigenvalue weighted by Crippen LogP contribution is 2.16. The maximum absolute atomic E-state index is 5.55. The van der Waals surface area contributed by atoms with Crippen molar-refractivity contribution in [2.24, 2.45) is 5.10 Å². The maximum atomic E-state index is 5.55. The predicted molar refractivity (Wildman–Crippen MR) is 103 cm³/mol. The monoisotopic (exact) mass is 357 g/mol. The topological polar surface area (TPSA) is 63.5 Å². The molecule has 1 saturated heterocycles. The van der Waals surface area contributed by atoms with Gasteiger partial charge in [0.25, 0.3) is 0 Å². The number of ether oxygens (including phenoxy) is 1. The summed E-state index contributed by atoms with van der Waals surface area (Å²) in [5, 5.41) is 12.5. The molecule has 1 aromatic heterocycles. The van der Waals surface area contributed by atoms with Crippen molar-refractivity contribution >= 4 is 23.5 Å². The molecule has 2 N–H and O–H groups in total. The van der Waals surface area contributed by atoms with Gasteiger partial charge in [-0.2, -0.15) is 10.2 Å². The van der Waals surface area contributed by atoms with Crippen LogP contribution in [0.25, 0.3) is 5.69 Å². The Morgan fingerprint density at radius 3 is 2.92 bits per heavy atom. The second-order valence-corrected chi connectivity index (χ2v) is 6.46. The SMILES string of the molecule is Cc1nn(-c2ccccc2)c(C)c1C=NNC(=S)NCC1CCCO1. The third kappa shape index (κ3) is 4.43. The second-order valence-electron chi connectivity index (χ2n) is 6.05. The molecule has 0 bridgehead atoms. The van der Waals surface area contributed by atoms with Gasteiger partial charge in [-0.25, -0.2) is 4.68 Å². The van der Waals surface area contributed by atoms with E-state index in [-0.39, 0.29) is 6.10 Å². The first-order chi connectivity index (χ1) is 12.1. The summed E-state index contributed by atoms with van der Waals surface area (Å²) in [6.45, 7) is 5.56. The molecule has 0 saturated carbocycles. The Bertz CT molecular complexity index is 750. The number of nitrogens with one attached hydrogen (secondary N) is 2. The predicted octanol–water partition coefficient (Wildman–Crippen LogP) is 2.47. The van der Waals surface area contributed by atoms with Crippen LogP contribution in [-0.2, 0) is 4.74 Å².